The van der Waals surface area contributed by atoms with Crippen LogP contribution in [0.2, 0.25) is 0 Å². The maximum absolute atomic E-state index is 7.04. The van der Waals surface area contributed by atoms with Crippen LogP contribution in [0.1, 0.15) is 79.0 Å². The molecule has 1 aliphatic heterocycles. The second kappa shape index (κ2) is 17.1. The summed E-state index contributed by atoms with van der Waals surface area (Å²) in [4.78, 5) is 20.6. The Bertz CT molecular complexity index is 3340. The van der Waals surface area contributed by atoms with Crippen LogP contribution in [0.3, 0.4) is 0 Å². The molecule has 0 N–H and O–H groups in total. The number of hydrogen-bond acceptors (Lipinski definition) is 5. The number of nitrogens with zero attached hydrogens (tertiary/aromatic N) is 7. The van der Waals surface area contributed by atoms with Crippen LogP contribution >= 0.6 is 0 Å². The van der Waals surface area contributed by atoms with E-state index in [0.717, 1.165) is 55.8 Å². The van der Waals surface area contributed by atoms with E-state index in [2.05, 4.69) is 170 Å². The number of pyridine rings is 1. The van der Waals surface area contributed by atoms with Crippen molar-refractivity contribution in [3.8, 4) is 51.5 Å². The van der Waals surface area contributed by atoms with Crippen LogP contribution in [0.4, 0.5) is 17.1 Å². The quantitative estimate of drug-likeness (QED) is 0.117. The van der Waals surface area contributed by atoms with Gasteiger partial charge in [0, 0.05) is 46.5 Å². The van der Waals surface area contributed by atoms with Crippen molar-refractivity contribution in [1.29, 1.82) is 0 Å². The third kappa shape index (κ3) is 8.68. The molecule has 334 valence electrons. The van der Waals surface area contributed by atoms with Crippen LogP contribution in [-0.4, -0.2) is 42.1 Å². The van der Waals surface area contributed by atoms with E-state index in [0.29, 0.717) is 34.5 Å². The summed E-state index contributed by atoms with van der Waals surface area (Å²) in [5.74, 6) is 3.29. The molecule has 0 radical (unpaired) electrons. The number of rotatable bonds is 7. The Kier molecular flexibility index (Phi) is 11.6. The van der Waals surface area contributed by atoms with Gasteiger partial charge in [0.2, 0.25) is 0 Å². The molecule has 0 bridgehead atoms. The standard InChI is InChI=1S/C58H53N7O.Pt/c1-56(2,3)39-25-21-37(22-26-39)53-60-54(38-23-27-40(28-24-38)57(4,5)6)62-55(61-53)46-34-45-44-32-41(58(7,8)9)29-30-47(44)65(52-20-13-14-31-59-52)50(45)35-51(46)66-43-17-15-16-42(33-43)64-36-63(10)48-18-11-12-19-49(48)64;/h11-32,34H,1-10H3;/q;+2. The minimum Gasteiger partial charge on any atom is -0.508 e. The molecule has 6 aromatic carbocycles. The van der Waals surface area contributed by atoms with E-state index in [4.69, 9.17) is 24.7 Å². The van der Waals surface area contributed by atoms with E-state index in [1.165, 1.54) is 16.7 Å². The molecular weight excluding hydrogens is 1010 g/mol. The van der Waals surface area contributed by atoms with E-state index in [1.807, 2.05) is 70.9 Å². The van der Waals surface area contributed by atoms with Crippen LogP contribution in [0, 0.1) is 12.1 Å². The summed E-state index contributed by atoms with van der Waals surface area (Å²) in [6.07, 6.45) is 1.82. The Hall–Kier alpha value is -6.85. The Morgan fingerprint density at radius 1 is 0.567 bits per heavy atom. The molecule has 0 saturated carbocycles. The fraction of sp³-hybridized carbons (Fsp3) is 0.224. The molecule has 0 fully saturated rings. The van der Waals surface area contributed by atoms with Crippen molar-refractivity contribution in [3.05, 3.63) is 168 Å². The molecule has 3 aromatic heterocycles. The molecule has 0 aliphatic carbocycles. The first kappa shape index (κ1) is 45.3. The maximum atomic E-state index is 7.04. The molecule has 0 atom stereocenters. The van der Waals surface area contributed by atoms with Gasteiger partial charge in [0.1, 0.15) is 17.3 Å². The zero-order valence-electron chi connectivity index (χ0n) is 39.6. The molecule has 9 heteroatoms. The number of ether oxygens (including phenoxy) is 1. The van der Waals surface area contributed by atoms with Gasteiger partial charge in [-0.1, -0.05) is 168 Å². The van der Waals surface area contributed by atoms with Gasteiger partial charge in [0.05, 0.1) is 0 Å². The summed E-state index contributed by atoms with van der Waals surface area (Å²) >= 11 is 0. The molecule has 8 nitrogen and oxygen atoms in total. The molecule has 10 rings (SSSR count). The van der Waals surface area contributed by atoms with Gasteiger partial charge in [-0.2, -0.15) is 6.07 Å². The van der Waals surface area contributed by atoms with Crippen molar-refractivity contribution < 1.29 is 30.4 Å². The molecule has 0 saturated heterocycles. The molecule has 4 heterocycles. The largest absolute Gasteiger partial charge is 2.00 e. The summed E-state index contributed by atoms with van der Waals surface area (Å²) in [6, 6.07) is 56.8. The van der Waals surface area contributed by atoms with Gasteiger partial charge in [0.25, 0.3) is 11.4 Å². The monoisotopic (exact) mass is 1060 g/mol. The van der Waals surface area contributed by atoms with E-state index >= 15 is 0 Å². The summed E-state index contributed by atoms with van der Waals surface area (Å²) < 4.78 is 13.2. The third-order valence-corrected chi connectivity index (χ3v) is 12.4. The number of fused-ring (bicyclic) bond motifs is 4. The first-order chi connectivity index (χ1) is 31.5. The maximum Gasteiger partial charge on any atom is 2.00 e. The van der Waals surface area contributed by atoms with E-state index < -0.39 is 0 Å². The average molecular weight is 1060 g/mol. The van der Waals surface area contributed by atoms with Gasteiger partial charge in [0.15, 0.2) is 18.7 Å². The van der Waals surface area contributed by atoms with Crippen molar-refractivity contribution in [2.75, 3.05) is 7.05 Å². The van der Waals surface area contributed by atoms with Gasteiger partial charge in [-0.25, -0.2) is 19.9 Å². The van der Waals surface area contributed by atoms with Gasteiger partial charge < -0.3 is 9.30 Å². The van der Waals surface area contributed by atoms with Gasteiger partial charge >= 0.3 is 27.1 Å². The van der Waals surface area contributed by atoms with Crippen molar-refractivity contribution in [2.24, 2.45) is 0 Å². The van der Waals surface area contributed by atoms with Crippen molar-refractivity contribution in [1.82, 2.24) is 29.1 Å². The van der Waals surface area contributed by atoms with Crippen LogP contribution in [0.5, 0.6) is 11.5 Å². The summed E-state index contributed by atoms with van der Waals surface area (Å²) in [6.45, 7) is 20.0. The van der Waals surface area contributed by atoms with Gasteiger partial charge in [-0.05, 0) is 62.1 Å². The first-order valence-corrected chi connectivity index (χ1v) is 22.5. The predicted molar refractivity (Wildman–Crippen MR) is 267 cm³/mol. The Morgan fingerprint density at radius 3 is 1.75 bits per heavy atom. The van der Waals surface area contributed by atoms with Gasteiger partial charge in [-0.3, -0.25) is 0 Å². The van der Waals surface area contributed by atoms with E-state index in [9.17, 15) is 0 Å². The van der Waals surface area contributed by atoms with Crippen LogP contribution in [-0.2, 0) is 37.3 Å². The summed E-state index contributed by atoms with van der Waals surface area (Å²) in [7, 11) is 2.00. The molecule has 1 aliphatic rings. The number of para-hydroxylation sites is 2. The summed E-state index contributed by atoms with van der Waals surface area (Å²) in [5.41, 5.74) is 10.6. The second-order valence-corrected chi connectivity index (χ2v) is 20.2. The Labute approximate surface area is 407 Å². The molecule has 0 spiro atoms. The second-order valence-electron chi connectivity index (χ2n) is 20.2. The third-order valence-electron chi connectivity index (χ3n) is 12.4. The topological polar surface area (TPSA) is 71.7 Å². The van der Waals surface area contributed by atoms with Crippen molar-refractivity contribution in [3.63, 3.8) is 0 Å². The number of aromatic nitrogens is 5. The normalized spacial score (nSPS) is 12.7. The fourth-order valence-electron chi connectivity index (χ4n) is 8.51. The molecule has 67 heavy (non-hydrogen) atoms. The SMILES string of the molecule is C[N+]1=C=[N+](c2[c-]c(Oc3[c-]c4c(cc3-c3nc(-c5ccc(C(C)(C)C)cc5)nc(-c5ccc(C(C)(C)C)cc5)n3)c3cc(C(C)(C)C)ccc3n4-c3ccccn3)ccc2)c2ccccc21.[Pt+2]. The molecule has 9 aromatic rings. The molecule has 0 unspecified atom stereocenters. The van der Waals surface area contributed by atoms with Crippen molar-refractivity contribution >= 4 is 44.9 Å². The van der Waals surface area contributed by atoms with Crippen LogP contribution < -0.4 is 9.31 Å². The summed E-state index contributed by atoms with van der Waals surface area (Å²) in [5, 5.41) is 2.03. The fourth-order valence-corrected chi connectivity index (χ4v) is 8.51. The smallest absolute Gasteiger partial charge is 0.508 e. The van der Waals surface area contributed by atoms with Crippen LogP contribution in [0.25, 0.3) is 61.8 Å². The average Bonchev–Trinajstić information content (AvgIpc) is 3.81. The molecular formula is C58H53N7OPt+2. The van der Waals surface area contributed by atoms with Crippen molar-refractivity contribution in [2.45, 2.75) is 78.6 Å². The minimum absolute atomic E-state index is 0. The number of hydrogen-bond donors (Lipinski definition) is 0. The van der Waals surface area contributed by atoms with E-state index in [-0.39, 0.29) is 37.3 Å². The van der Waals surface area contributed by atoms with Crippen LogP contribution in [0.15, 0.2) is 140 Å². The zero-order chi connectivity index (χ0) is 46.1. The Morgan fingerprint density at radius 2 is 1.15 bits per heavy atom. The molecule has 0 amide bonds. The first-order valence-electron chi connectivity index (χ1n) is 22.5. The van der Waals surface area contributed by atoms with Gasteiger partial charge in [-0.15, -0.1) is 23.6 Å². The predicted octanol–water partition coefficient (Wildman–Crippen LogP) is 13.9. The van der Waals surface area contributed by atoms with E-state index in [1.54, 1.807) is 0 Å². The zero-order valence-corrected chi connectivity index (χ0v) is 41.9. The minimum atomic E-state index is -0.0906. The number of benzene rings is 6. The Balaban J connectivity index is 0.00000562.